The van der Waals surface area contributed by atoms with Crippen molar-refractivity contribution < 1.29 is 14.4 Å². The van der Waals surface area contributed by atoms with Crippen LogP contribution in [0.4, 0.5) is 0 Å². The van der Waals surface area contributed by atoms with E-state index in [4.69, 9.17) is 5.73 Å². The van der Waals surface area contributed by atoms with Gasteiger partial charge < -0.3 is 5.11 Å². The summed E-state index contributed by atoms with van der Waals surface area (Å²) in [5, 5.41) is 9.26. The summed E-state index contributed by atoms with van der Waals surface area (Å²) >= 11 is 0. The molecular formula is C26H48N3O2+. The third-order valence-corrected chi connectivity index (χ3v) is 6.32. The average Bonchev–Trinajstić information content (AvgIpc) is 3.13. The van der Waals surface area contributed by atoms with E-state index in [1.807, 2.05) is 13.1 Å². The normalized spacial score (nSPS) is 19.3. The third kappa shape index (κ3) is 11.6. The van der Waals surface area contributed by atoms with Crippen molar-refractivity contribution >= 4 is 11.8 Å². The molecule has 1 aliphatic rings. The van der Waals surface area contributed by atoms with E-state index in [1.165, 1.54) is 77.0 Å². The molecule has 5 nitrogen and oxygen atoms in total. The minimum atomic E-state index is -0.845. The molecule has 2 atom stereocenters. The lowest BCUT2D eigenvalue weighted by Crippen LogP contribution is -2.59. The fraction of sp³-hybridized carbons (Fsp3) is 0.769. The maximum Gasteiger partial charge on any atom is 0.360 e. The second-order valence-corrected chi connectivity index (χ2v) is 9.11. The number of carboxylic acids is 1. The highest BCUT2D eigenvalue weighted by molar-refractivity contribution is 5.81. The third-order valence-electron chi connectivity index (χ3n) is 6.32. The van der Waals surface area contributed by atoms with Gasteiger partial charge in [-0.3, -0.25) is 5.73 Å². The molecule has 0 saturated carbocycles. The van der Waals surface area contributed by atoms with E-state index in [0.29, 0.717) is 0 Å². The molecule has 1 rings (SSSR count). The number of unbranched alkanes of at least 4 members (excludes halogenated alkanes) is 13. The van der Waals surface area contributed by atoms with Gasteiger partial charge in [0.15, 0.2) is 6.54 Å². The van der Waals surface area contributed by atoms with Crippen molar-refractivity contribution in [1.29, 1.82) is 0 Å². The van der Waals surface area contributed by atoms with Crippen LogP contribution in [0.5, 0.6) is 0 Å². The molecule has 3 N–H and O–H groups in total. The van der Waals surface area contributed by atoms with Crippen molar-refractivity contribution in [3.05, 3.63) is 24.6 Å². The van der Waals surface area contributed by atoms with Crippen LogP contribution in [0, 0.1) is 0 Å². The Morgan fingerprint density at radius 3 is 2.00 bits per heavy atom. The number of allylic oxidation sites excluding steroid dienone is 2. The summed E-state index contributed by atoms with van der Waals surface area (Å²) in [5.41, 5.74) is 6.10. The van der Waals surface area contributed by atoms with Crippen molar-refractivity contribution in [2.24, 2.45) is 10.7 Å². The van der Waals surface area contributed by atoms with E-state index in [-0.39, 0.29) is 17.2 Å². The lowest BCUT2D eigenvalue weighted by Gasteiger charge is -2.34. The van der Waals surface area contributed by atoms with Crippen LogP contribution in [0.15, 0.2) is 29.5 Å². The zero-order valence-electron chi connectivity index (χ0n) is 20.2. The molecule has 5 heteroatoms. The summed E-state index contributed by atoms with van der Waals surface area (Å²) in [6, 6.07) is 0. The molecule has 0 bridgehead atoms. The van der Waals surface area contributed by atoms with Gasteiger partial charge in [-0.05, 0) is 32.1 Å². The second-order valence-electron chi connectivity index (χ2n) is 9.11. The van der Waals surface area contributed by atoms with Gasteiger partial charge in [0.25, 0.3) is 0 Å². The van der Waals surface area contributed by atoms with Gasteiger partial charge in [0.05, 0.1) is 6.20 Å². The molecule has 0 aromatic heterocycles. The van der Waals surface area contributed by atoms with Gasteiger partial charge in [-0.25, -0.2) is 14.3 Å². The number of hydrogen-bond donors (Lipinski definition) is 2. The lowest BCUT2D eigenvalue weighted by molar-refractivity contribution is -0.805. The fourth-order valence-corrected chi connectivity index (χ4v) is 4.29. The van der Waals surface area contributed by atoms with Gasteiger partial charge in [0.1, 0.15) is 12.4 Å². The Bertz CT molecular complexity index is 569. The Morgan fingerprint density at radius 1 is 0.968 bits per heavy atom. The second kappa shape index (κ2) is 17.1. The van der Waals surface area contributed by atoms with Crippen molar-refractivity contribution in [2.75, 3.05) is 6.54 Å². The SMILES string of the molecule is CCCCCCCCCCCCC/C=C/CCCCC1=NC=C[N+]1(CC(=O)O)C(C)N. The number of carboxylic acid groups (broad SMARTS) is 1. The molecule has 0 aromatic rings. The van der Waals surface area contributed by atoms with Crippen LogP contribution in [0.2, 0.25) is 0 Å². The molecular weight excluding hydrogens is 386 g/mol. The molecule has 0 radical (unpaired) electrons. The molecule has 31 heavy (non-hydrogen) atoms. The minimum Gasteiger partial charge on any atom is -0.477 e. The number of aliphatic carboxylic acids is 1. The van der Waals surface area contributed by atoms with Gasteiger partial charge >= 0.3 is 5.97 Å². The van der Waals surface area contributed by atoms with Gasteiger partial charge in [-0.15, -0.1) is 0 Å². The molecule has 1 heterocycles. The molecule has 0 fully saturated rings. The van der Waals surface area contributed by atoms with Crippen LogP contribution in [0.1, 0.15) is 117 Å². The highest BCUT2D eigenvalue weighted by Gasteiger charge is 2.40. The quantitative estimate of drug-likeness (QED) is 0.124. The first kappa shape index (κ1) is 27.6. The van der Waals surface area contributed by atoms with Gasteiger partial charge in [-0.1, -0.05) is 83.3 Å². The molecule has 0 saturated heterocycles. The van der Waals surface area contributed by atoms with E-state index in [0.717, 1.165) is 31.5 Å². The van der Waals surface area contributed by atoms with Gasteiger partial charge in [0.2, 0.25) is 5.84 Å². The molecule has 0 aromatic carbocycles. The Labute approximate surface area is 191 Å². The van der Waals surface area contributed by atoms with E-state index >= 15 is 0 Å². The van der Waals surface area contributed by atoms with Crippen LogP contribution in [0.25, 0.3) is 0 Å². The van der Waals surface area contributed by atoms with Crippen molar-refractivity contribution in [2.45, 2.75) is 123 Å². The molecule has 0 amide bonds. The summed E-state index contributed by atoms with van der Waals surface area (Å²) in [6.45, 7) is 4.09. The van der Waals surface area contributed by atoms with E-state index in [1.54, 1.807) is 6.20 Å². The summed E-state index contributed by atoms with van der Waals surface area (Å²) in [4.78, 5) is 15.7. The predicted octanol–water partition coefficient (Wildman–Crippen LogP) is 6.89. The Morgan fingerprint density at radius 2 is 1.48 bits per heavy atom. The number of nitrogens with two attached hydrogens (primary N) is 1. The van der Waals surface area contributed by atoms with Crippen molar-refractivity contribution in [1.82, 2.24) is 0 Å². The monoisotopic (exact) mass is 434 g/mol. The zero-order valence-corrected chi connectivity index (χ0v) is 20.2. The predicted molar refractivity (Wildman–Crippen MR) is 132 cm³/mol. The number of hydrogen-bond acceptors (Lipinski definition) is 3. The van der Waals surface area contributed by atoms with Crippen LogP contribution in [0.3, 0.4) is 0 Å². The van der Waals surface area contributed by atoms with Crippen LogP contribution >= 0.6 is 0 Å². The molecule has 1 aliphatic heterocycles. The first-order valence-corrected chi connectivity index (χ1v) is 12.8. The smallest absolute Gasteiger partial charge is 0.360 e. The number of carbonyl (C=O) groups is 1. The number of rotatable bonds is 20. The van der Waals surface area contributed by atoms with E-state index in [2.05, 4.69) is 24.1 Å². The summed E-state index contributed by atoms with van der Waals surface area (Å²) in [5.74, 6) is 0.0317. The average molecular weight is 435 g/mol. The number of nitrogens with zero attached hydrogens (tertiary/aromatic N) is 2. The van der Waals surface area contributed by atoms with Crippen molar-refractivity contribution in [3.8, 4) is 0 Å². The molecule has 0 spiro atoms. The Hall–Kier alpha value is -1.46. The number of quaternary nitrogens is 1. The highest BCUT2D eigenvalue weighted by atomic mass is 16.4. The fourth-order valence-electron chi connectivity index (χ4n) is 4.29. The van der Waals surface area contributed by atoms with Crippen LogP contribution in [-0.4, -0.2) is 34.1 Å². The van der Waals surface area contributed by atoms with Crippen molar-refractivity contribution in [3.63, 3.8) is 0 Å². The number of amidine groups is 1. The maximum atomic E-state index is 11.3. The summed E-state index contributed by atoms with van der Waals surface area (Å²) < 4.78 is 0.157. The lowest BCUT2D eigenvalue weighted by atomic mass is 10.1. The standard InChI is InChI=1S/C26H47N3O2/c1-3-4-5-6-7-8-9-10-11-12-13-14-15-16-17-18-19-20-25-28-21-22-29(25,24(2)27)23-26(30)31/h15-16,21-22,24H,3-14,17-20,23,27H2,1-2H3/p+1/b16-15+. The highest BCUT2D eigenvalue weighted by Crippen LogP contribution is 2.23. The van der Waals surface area contributed by atoms with Gasteiger partial charge in [0, 0.05) is 13.3 Å². The van der Waals surface area contributed by atoms with E-state index in [9.17, 15) is 9.90 Å². The Balaban J connectivity index is 2.01. The van der Waals surface area contributed by atoms with Gasteiger partial charge in [-0.2, -0.15) is 0 Å². The molecule has 0 aliphatic carbocycles. The Kier molecular flexibility index (Phi) is 15.2. The van der Waals surface area contributed by atoms with Crippen LogP contribution < -0.4 is 5.73 Å². The summed E-state index contributed by atoms with van der Waals surface area (Å²) in [7, 11) is 0. The zero-order chi connectivity index (χ0) is 22.8. The summed E-state index contributed by atoms with van der Waals surface area (Å²) in [6.07, 6.45) is 28.3. The van der Waals surface area contributed by atoms with Crippen LogP contribution in [-0.2, 0) is 4.79 Å². The molecule has 2 unspecified atom stereocenters. The first-order chi connectivity index (χ1) is 15.0. The largest absolute Gasteiger partial charge is 0.477 e. The topological polar surface area (TPSA) is 75.7 Å². The number of aliphatic imine (C=N–C) groups is 1. The molecule has 178 valence electrons. The first-order valence-electron chi connectivity index (χ1n) is 12.8. The minimum absolute atomic E-state index is 0.0359. The maximum absolute atomic E-state index is 11.3. The van der Waals surface area contributed by atoms with E-state index < -0.39 is 5.97 Å².